The van der Waals surface area contributed by atoms with E-state index in [0.29, 0.717) is 12.2 Å². The van der Waals surface area contributed by atoms with Gasteiger partial charge in [0.2, 0.25) is 0 Å². The number of fused-ring (bicyclic) bond motifs is 1. The molecule has 0 aliphatic carbocycles. The summed E-state index contributed by atoms with van der Waals surface area (Å²) in [6.45, 7) is 2.75. The molecule has 0 spiro atoms. The van der Waals surface area contributed by atoms with Crippen LogP contribution in [0, 0.1) is 5.82 Å². The summed E-state index contributed by atoms with van der Waals surface area (Å²) in [6.07, 6.45) is 1.50. The fourth-order valence-corrected chi connectivity index (χ4v) is 2.33. The number of carbonyl (C=O) groups excluding carboxylic acids is 1. The standard InChI is InChI=1S/C16H15FN2O2/c1-10-9-21-15-5-4-11(7-12(10)15)16(20)19-8-14-13(17)3-2-6-18-14/h2-7,10H,8-9H2,1H3,(H,19,20)/t10-/m0/s1. The Morgan fingerprint density at radius 2 is 2.33 bits per heavy atom. The van der Waals surface area contributed by atoms with Crippen molar-refractivity contribution in [2.24, 2.45) is 0 Å². The molecule has 0 saturated carbocycles. The number of hydrogen-bond donors (Lipinski definition) is 1. The Kier molecular flexibility index (Phi) is 3.56. The summed E-state index contributed by atoms with van der Waals surface area (Å²) < 4.78 is 18.9. The molecule has 1 N–H and O–H groups in total. The minimum atomic E-state index is -0.422. The van der Waals surface area contributed by atoms with Gasteiger partial charge in [-0.05, 0) is 30.3 Å². The molecule has 3 rings (SSSR count). The van der Waals surface area contributed by atoms with E-state index >= 15 is 0 Å². The summed E-state index contributed by atoms with van der Waals surface area (Å²) in [5.74, 6) is 0.437. The second-order valence-electron chi connectivity index (χ2n) is 5.08. The van der Waals surface area contributed by atoms with Crippen molar-refractivity contribution in [2.45, 2.75) is 19.4 Å². The molecular formula is C16H15FN2O2. The molecule has 108 valence electrons. The number of carbonyl (C=O) groups is 1. The highest BCUT2D eigenvalue weighted by atomic mass is 19.1. The van der Waals surface area contributed by atoms with E-state index in [9.17, 15) is 9.18 Å². The SMILES string of the molecule is C[C@H]1COc2ccc(C(=O)NCc3ncccc3F)cc21. The molecule has 1 aliphatic heterocycles. The first-order chi connectivity index (χ1) is 10.1. The highest BCUT2D eigenvalue weighted by molar-refractivity contribution is 5.94. The van der Waals surface area contributed by atoms with Crippen LogP contribution in [0.15, 0.2) is 36.5 Å². The van der Waals surface area contributed by atoms with Crippen molar-refractivity contribution in [3.05, 3.63) is 59.2 Å². The summed E-state index contributed by atoms with van der Waals surface area (Å²) in [6, 6.07) is 8.18. The van der Waals surface area contributed by atoms with Crippen molar-refractivity contribution < 1.29 is 13.9 Å². The lowest BCUT2D eigenvalue weighted by atomic mass is 10.0. The minimum absolute atomic E-state index is 0.0641. The van der Waals surface area contributed by atoms with Crippen LogP contribution in [0.4, 0.5) is 4.39 Å². The second-order valence-corrected chi connectivity index (χ2v) is 5.08. The fraction of sp³-hybridized carbons (Fsp3) is 0.250. The third kappa shape index (κ3) is 2.72. The zero-order valence-corrected chi connectivity index (χ0v) is 11.6. The third-order valence-electron chi connectivity index (χ3n) is 3.54. The maximum atomic E-state index is 13.4. The number of ether oxygens (including phenoxy) is 1. The molecule has 2 aromatic rings. The molecule has 0 unspecified atom stereocenters. The second kappa shape index (κ2) is 5.52. The summed E-state index contributed by atoms with van der Waals surface area (Å²) in [5.41, 5.74) is 1.80. The van der Waals surface area contributed by atoms with Gasteiger partial charge in [-0.25, -0.2) is 4.39 Å². The molecule has 1 amide bonds. The van der Waals surface area contributed by atoms with Crippen molar-refractivity contribution in [3.63, 3.8) is 0 Å². The number of pyridine rings is 1. The van der Waals surface area contributed by atoms with Crippen LogP contribution in [0.25, 0.3) is 0 Å². The van der Waals surface area contributed by atoms with Crippen LogP contribution in [0.1, 0.15) is 34.5 Å². The van der Waals surface area contributed by atoms with Gasteiger partial charge >= 0.3 is 0 Å². The number of benzene rings is 1. The quantitative estimate of drug-likeness (QED) is 0.943. The smallest absolute Gasteiger partial charge is 0.251 e. The number of hydrogen-bond acceptors (Lipinski definition) is 3. The minimum Gasteiger partial charge on any atom is -0.493 e. The Morgan fingerprint density at radius 3 is 3.14 bits per heavy atom. The number of aromatic nitrogens is 1. The van der Waals surface area contributed by atoms with Crippen LogP contribution in [-0.4, -0.2) is 17.5 Å². The monoisotopic (exact) mass is 286 g/mol. The van der Waals surface area contributed by atoms with E-state index in [0.717, 1.165) is 11.3 Å². The fourth-order valence-electron chi connectivity index (χ4n) is 2.33. The first-order valence-corrected chi connectivity index (χ1v) is 6.79. The van der Waals surface area contributed by atoms with Gasteiger partial charge in [0.1, 0.15) is 11.6 Å². The molecule has 1 aliphatic rings. The maximum Gasteiger partial charge on any atom is 0.251 e. The average Bonchev–Trinajstić information content (AvgIpc) is 2.87. The zero-order chi connectivity index (χ0) is 14.8. The van der Waals surface area contributed by atoms with E-state index in [1.165, 1.54) is 18.3 Å². The van der Waals surface area contributed by atoms with E-state index in [-0.39, 0.29) is 24.1 Å². The van der Waals surface area contributed by atoms with Crippen molar-refractivity contribution in [2.75, 3.05) is 6.61 Å². The van der Waals surface area contributed by atoms with E-state index in [4.69, 9.17) is 4.74 Å². The van der Waals surface area contributed by atoms with Gasteiger partial charge in [-0.2, -0.15) is 0 Å². The van der Waals surface area contributed by atoms with Gasteiger partial charge in [0.25, 0.3) is 5.91 Å². The largest absolute Gasteiger partial charge is 0.493 e. The summed E-state index contributed by atoms with van der Waals surface area (Å²) in [5, 5.41) is 2.68. The van der Waals surface area contributed by atoms with Crippen molar-refractivity contribution in [1.82, 2.24) is 10.3 Å². The van der Waals surface area contributed by atoms with Gasteiger partial charge in [0.15, 0.2) is 0 Å². The van der Waals surface area contributed by atoms with Crippen molar-refractivity contribution in [3.8, 4) is 5.75 Å². The normalized spacial score (nSPS) is 16.2. The highest BCUT2D eigenvalue weighted by Crippen LogP contribution is 2.33. The molecular weight excluding hydrogens is 271 g/mol. The average molecular weight is 286 g/mol. The number of halogens is 1. The number of nitrogens with zero attached hydrogens (tertiary/aromatic N) is 1. The van der Waals surface area contributed by atoms with Crippen LogP contribution >= 0.6 is 0 Å². The summed E-state index contributed by atoms with van der Waals surface area (Å²) in [4.78, 5) is 16.0. The zero-order valence-electron chi connectivity index (χ0n) is 11.6. The van der Waals surface area contributed by atoms with Gasteiger partial charge in [-0.15, -0.1) is 0 Å². The molecule has 2 heterocycles. The number of rotatable bonds is 3. The molecule has 0 radical (unpaired) electrons. The molecule has 0 fully saturated rings. The Bertz CT molecular complexity index is 688. The predicted octanol–water partition coefficient (Wildman–Crippen LogP) is 2.65. The van der Waals surface area contributed by atoms with Crippen LogP contribution in [0.5, 0.6) is 5.75 Å². The lowest BCUT2D eigenvalue weighted by Gasteiger charge is -2.07. The van der Waals surface area contributed by atoms with Gasteiger partial charge in [0.05, 0.1) is 18.8 Å². The summed E-state index contributed by atoms with van der Waals surface area (Å²) >= 11 is 0. The maximum absolute atomic E-state index is 13.4. The van der Waals surface area contributed by atoms with Crippen LogP contribution in [0.3, 0.4) is 0 Å². The lowest BCUT2D eigenvalue weighted by Crippen LogP contribution is -2.24. The molecule has 1 atom stereocenters. The Morgan fingerprint density at radius 1 is 1.48 bits per heavy atom. The lowest BCUT2D eigenvalue weighted by molar-refractivity contribution is 0.0950. The van der Waals surface area contributed by atoms with E-state index in [1.807, 2.05) is 6.07 Å². The predicted molar refractivity (Wildman–Crippen MR) is 75.7 cm³/mol. The third-order valence-corrected chi connectivity index (χ3v) is 3.54. The van der Waals surface area contributed by atoms with Crippen molar-refractivity contribution >= 4 is 5.91 Å². The Labute approximate surface area is 122 Å². The van der Waals surface area contributed by atoms with Gasteiger partial charge in [-0.1, -0.05) is 6.92 Å². The first-order valence-electron chi connectivity index (χ1n) is 6.79. The Hall–Kier alpha value is -2.43. The van der Waals surface area contributed by atoms with Crippen molar-refractivity contribution in [1.29, 1.82) is 0 Å². The molecule has 1 aromatic heterocycles. The number of amides is 1. The van der Waals surface area contributed by atoms with Crippen LogP contribution in [0.2, 0.25) is 0 Å². The topological polar surface area (TPSA) is 51.2 Å². The summed E-state index contributed by atoms with van der Waals surface area (Å²) in [7, 11) is 0. The Balaban J connectivity index is 1.72. The van der Waals surface area contributed by atoms with E-state index in [1.54, 1.807) is 12.1 Å². The van der Waals surface area contributed by atoms with Crippen LogP contribution < -0.4 is 10.1 Å². The first kappa shape index (κ1) is 13.5. The van der Waals surface area contributed by atoms with E-state index in [2.05, 4.69) is 17.2 Å². The van der Waals surface area contributed by atoms with Gasteiger partial charge < -0.3 is 10.1 Å². The van der Waals surface area contributed by atoms with E-state index < -0.39 is 5.82 Å². The van der Waals surface area contributed by atoms with Crippen LogP contribution in [-0.2, 0) is 6.54 Å². The molecule has 21 heavy (non-hydrogen) atoms. The van der Waals surface area contributed by atoms with Gasteiger partial charge in [-0.3, -0.25) is 9.78 Å². The molecule has 5 heteroatoms. The molecule has 4 nitrogen and oxygen atoms in total. The van der Waals surface area contributed by atoms with Gasteiger partial charge in [0, 0.05) is 23.2 Å². The molecule has 0 saturated heterocycles. The number of nitrogens with one attached hydrogen (secondary N) is 1. The molecule has 1 aromatic carbocycles. The molecule has 0 bridgehead atoms. The highest BCUT2D eigenvalue weighted by Gasteiger charge is 2.21.